The first-order valence-corrected chi connectivity index (χ1v) is 10.3. The van der Waals surface area contributed by atoms with Crippen LogP contribution in [-0.2, 0) is 20.4 Å². The second-order valence-corrected chi connectivity index (χ2v) is 6.89. The van der Waals surface area contributed by atoms with Crippen LogP contribution in [0.2, 0.25) is 0 Å². The SMILES string of the molecule is CCN(CC)c1ccc(C(=O)OCC(=O)Nc2cc(C(F)(F)F)ccc2OCCOC)cc1. The number of carbonyl (C=O) groups excluding carboxylic acids is 2. The van der Waals surface area contributed by atoms with E-state index in [1.54, 1.807) is 24.3 Å². The number of nitrogens with zero attached hydrogens (tertiary/aromatic N) is 1. The highest BCUT2D eigenvalue weighted by atomic mass is 19.4. The monoisotopic (exact) mass is 468 g/mol. The number of carbonyl (C=O) groups is 2. The normalized spacial score (nSPS) is 11.1. The zero-order valence-corrected chi connectivity index (χ0v) is 18.7. The number of amides is 1. The van der Waals surface area contributed by atoms with Crippen molar-refractivity contribution < 1.29 is 37.0 Å². The van der Waals surface area contributed by atoms with Gasteiger partial charge in [-0.1, -0.05) is 0 Å². The molecule has 0 aliphatic rings. The molecule has 0 aromatic heterocycles. The number of methoxy groups -OCH3 is 1. The summed E-state index contributed by atoms with van der Waals surface area (Å²) in [4.78, 5) is 26.6. The van der Waals surface area contributed by atoms with Gasteiger partial charge in [0.25, 0.3) is 5.91 Å². The van der Waals surface area contributed by atoms with E-state index in [-0.39, 0.29) is 30.2 Å². The molecule has 0 unspecified atom stereocenters. The molecule has 0 saturated carbocycles. The maximum absolute atomic E-state index is 13.1. The number of esters is 1. The third kappa shape index (κ3) is 7.67. The van der Waals surface area contributed by atoms with E-state index in [1.807, 2.05) is 13.8 Å². The van der Waals surface area contributed by atoms with Crippen molar-refractivity contribution in [3.63, 3.8) is 0 Å². The first-order valence-electron chi connectivity index (χ1n) is 10.3. The Morgan fingerprint density at radius 1 is 1.00 bits per heavy atom. The van der Waals surface area contributed by atoms with Crippen molar-refractivity contribution in [1.29, 1.82) is 0 Å². The molecule has 0 aliphatic carbocycles. The molecule has 1 N–H and O–H groups in total. The number of hydrogen-bond acceptors (Lipinski definition) is 6. The van der Waals surface area contributed by atoms with Gasteiger partial charge in [-0.15, -0.1) is 0 Å². The molecule has 0 aliphatic heterocycles. The molecule has 2 aromatic rings. The van der Waals surface area contributed by atoms with E-state index in [9.17, 15) is 22.8 Å². The maximum atomic E-state index is 13.1. The van der Waals surface area contributed by atoms with Crippen molar-refractivity contribution in [2.24, 2.45) is 0 Å². The van der Waals surface area contributed by atoms with Crippen LogP contribution in [-0.4, -0.2) is 51.9 Å². The van der Waals surface area contributed by atoms with Crippen molar-refractivity contribution >= 4 is 23.3 Å². The summed E-state index contributed by atoms with van der Waals surface area (Å²) in [7, 11) is 1.45. The third-order valence-electron chi connectivity index (χ3n) is 4.69. The van der Waals surface area contributed by atoms with Crippen molar-refractivity contribution in [1.82, 2.24) is 0 Å². The summed E-state index contributed by atoms with van der Waals surface area (Å²) >= 11 is 0. The molecule has 1 amide bonds. The van der Waals surface area contributed by atoms with Crippen molar-refractivity contribution in [3.05, 3.63) is 53.6 Å². The average Bonchev–Trinajstić information content (AvgIpc) is 2.79. The number of alkyl halides is 3. The Morgan fingerprint density at radius 2 is 1.67 bits per heavy atom. The number of benzene rings is 2. The lowest BCUT2D eigenvalue weighted by Crippen LogP contribution is -2.22. The minimum Gasteiger partial charge on any atom is -0.489 e. The Bertz CT molecular complexity index is 929. The smallest absolute Gasteiger partial charge is 0.416 e. The highest BCUT2D eigenvalue weighted by molar-refractivity contribution is 5.96. The number of rotatable bonds is 11. The van der Waals surface area contributed by atoms with Crippen LogP contribution in [0.25, 0.3) is 0 Å². The van der Waals surface area contributed by atoms with Crippen LogP contribution in [0.4, 0.5) is 24.5 Å². The van der Waals surface area contributed by atoms with E-state index < -0.39 is 30.2 Å². The summed E-state index contributed by atoms with van der Waals surface area (Å²) in [5.41, 5.74) is 0.0499. The fourth-order valence-corrected chi connectivity index (χ4v) is 2.96. The molecule has 0 heterocycles. The number of ether oxygens (including phenoxy) is 3. The Kier molecular flexibility index (Phi) is 9.53. The van der Waals surface area contributed by atoms with Gasteiger partial charge >= 0.3 is 12.1 Å². The zero-order valence-electron chi connectivity index (χ0n) is 18.7. The summed E-state index contributed by atoms with van der Waals surface area (Å²) in [6.45, 7) is 5.26. The zero-order chi connectivity index (χ0) is 24.4. The molecule has 0 bridgehead atoms. The van der Waals surface area contributed by atoms with E-state index in [0.29, 0.717) is 0 Å². The van der Waals surface area contributed by atoms with E-state index in [1.165, 1.54) is 7.11 Å². The van der Waals surface area contributed by atoms with Crippen LogP contribution in [0.1, 0.15) is 29.8 Å². The summed E-state index contributed by atoms with van der Waals surface area (Å²) in [6.07, 6.45) is -4.60. The topological polar surface area (TPSA) is 77.1 Å². The molecule has 2 rings (SSSR count). The largest absolute Gasteiger partial charge is 0.489 e. The van der Waals surface area contributed by atoms with E-state index in [2.05, 4.69) is 10.2 Å². The maximum Gasteiger partial charge on any atom is 0.416 e. The van der Waals surface area contributed by atoms with Gasteiger partial charge < -0.3 is 24.4 Å². The molecule has 2 aromatic carbocycles. The first-order chi connectivity index (χ1) is 15.7. The van der Waals surface area contributed by atoms with Gasteiger partial charge in [-0.3, -0.25) is 4.79 Å². The van der Waals surface area contributed by atoms with Crippen LogP contribution in [0.3, 0.4) is 0 Å². The molecule has 0 atom stereocenters. The number of hydrogen-bond donors (Lipinski definition) is 1. The van der Waals surface area contributed by atoms with Gasteiger partial charge in [0.1, 0.15) is 12.4 Å². The van der Waals surface area contributed by atoms with E-state index >= 15 is 0 Å². The van der Waals surface area contributed by atoms with Crippen LogP contribution in [0.15, 0.2) is 42.5 Å². The van der Waals surface area contributed by atoms with Gasteiger partial charge in [0.2, 0.25) is 0 Å². The highest BCUT2D eigenvalue weighted by Crippen LogP contribution is 2.35. The predicted octanol–water partition coefficient (Wildman–Crippen LogP) is 4.37. The molecule has 7 nitrogen and oxygen atoms in total. The van der Waals surface area contributed by atoms with Crippen molar-refractivity contribution in [2.75, 3.05) is 50.2 Å². The second kappa shape index (κ2) is 12.1. The molecular weight excluding hydrogens is 441 g/mol. The minimum absolute atomic E-state index is 0.0340. The molecule has 10 heteroatoms. The molecule has 180 valence electrons. The van der Waals surface area contributed by atoms with E-state index in [0.717, 1.165) is 37.0 Å². The standard InChI is InChI=1S/C23H27F3N2O5/c1-4-28(5-2)18-9-6-16(7-10-18)22(30)33-15-21(29)27-19-14-17(23(24,25)26)8-11-20(19)32-13-12-31-3/h6-11,14H,4-5,12-13,15H2,1-3H3,(H,27,29). The van der Waals surface area contributed by atoms with Gasteiger partial charge in [0.05, 0.1) is 23.4 Å². The van der Waals surface area contributed by atoms with Crippen LogP contribution >= 0.6 is 0 Å². The predicted molar refractivity (Wildman–Crippen MR) is 118 cm³/mol. The highest BCUT2D eigenvalue weighted by Gasteiger charge is 2.31. The molecule has 0 fully saturated rings. The number of nitrogens with one attached hydrogen (secondary N) is 1. The Morgan fingerprint density at radius 3 is 2.24 bits per heavy atom. The minimum atomic E-state index is -4.60. The lowest BCUT2D eigenvalue weighted by molar-refractivity contribution is -0.137. The average molecular weight is 468 g/mol. The van der Waals surface area contributed by atoms with Crippen LogP contribution in [0, 0.1) is 0 Å². The fraction of sp³-hybridized carbons (Fsp3) is 0.391. The lowest BCUT2D eigenvalue weighted by atomic mass is 10.1. The first kappa shape index (κ1) is 26.0. The molecule has 0 saturated heterocycles. The fourth-order valence-electron chi connectivity index (χ4n) is 2.96. The number of anilines is 2. The van der Waals surface area contributed by atoms with Crippen molar-refractivity contribution in [3.8, 4) is 5.75 Å². The quantitative estimate of drug-likeness (QED) is 0.390. The third-order valence-corrected chi connectivity index (χ3v) is 4.69. The van der Waals surface area contributed by atoms with E-state index in [4.69, 9.17) is 14.2 Å². The molecule has 0 radical (unpaired) electrons. The molecular formula is C23H27F3N2O5. The van der Waals surface area contributed by atoms with Gasteiger partial charge in [-0.2, -0.15) is 13.2 Å². The Hall–Kier alpha value is -3.27. The van der Waals surface area contributed by atoms with Gasteiger partial charge in [-0.25, -0.2) is 4.79 Å². The Labute approximate surface area is 190 Å². The molecule has 0 spiro atoms. The summed E-state index contributed by atoms with van der Waals surface area (Å²) in [6, 6.07) is 9.43. The van der Waals surface area contributed by atoms with Crippen LogP contribution < -0.4 is 15.0 Å². The summed E-state index contributed by atoms with van der Waals surface area (Å²) in [5, 5.41) is 2.31. The summed E-state index contributed by atoms with van der Waals surface area (Å²) < 4.78 is 54.4. The van der Waals surface area contributed by atoms with Crippen LogP contribution in [0.5, 0.6) is 5.75 Å². The lowest BCUT2D eigenvalue weighted by Gasteiger charge is -2.20. The van der Waals surface area contributed by atoms with Gasteiger partial charge in [-0.05, 0) is 56.3 Å². The second-order valence-electron chi connectivity index (χ2n) is 6.89. The molecule has 33 heavy (non-hydrogen) atoms. The van der Waals surface area contributed by atoms with Gasteiger partial charge in [0.15, 0.2) is 6.61 Å². The summed E-state index contributed by atoms with van der Waals surface area (Å²) in [5.74, 6) is -1.50. The number of halogens is 3. The van der Waals surface area contributed by atoms with Gasteiger partial charge in [0, 0.05) is 25.9 Å². The Balaban J connectivity index is 2.03. The van der Waals surface area contributed by atoms with Crippen molar-refractivity contribution in [2.45, 2.75) is 20.0 Å².